The molecule has 1 aliphatic heterocycles. The summed E-state index contributed by atoms with van der Waals surface area (Å²) >= 11 is 0. The molecule has 0 aliphatic carbocycles. The number of hydrogen-bond donors (Lipinski definition) is 0. The highest BCUT2D eigenvalue weighted by atomic mass is 19.1. The molecule has 1 aromatic carbocycles. The number of pyridine rings is 1. The number of hydrogen-bond acceptors (Lipinski definition) is 2. The van der Waals surface area contributed by atoms with Crippen LogP contribution < -0.4 is 0 Å². The molecule has 25 heavy (non-hydrogen) atoms. The molecular weight excluding hydrogens is 324 g/mol. The van der Waals surface area contributed by atoms with Gasteiger partial charge < -0.3 is 9.47 Å². The molecule has 4 rings (SSSR count). The van der Waals surface area contributed by atoms with Crippen molar-refractivity contribution in [3.8, 4) is 11.1 Å². The predicted octanol–water partition coefficient (Wildman–Crippen LogP) is 3.33. The standard InChI is InChI=1S/C19H17F2N3O/c1-12-6-13(2-3-16(12)21)14-7-18-17(22-8-14)4-5-23(18)11-19(25)24-9-15(20)10-24/h2-8,15H,9-11H2,1H3. The van der Waals surface area contributed by atoms with Crippen molar-refractivity contribution >= 4 is 16.9 Å². The average molecular weight is 341 g/mol. The third-order valence-corrected chi connectivity index (χ3v) is 4.61. The van der Waals surface area contributed by atoms with Crippen LogP contribution >= 0.6 is 0 Å². The van der Waals surface area contributed by atoms with E-state index in [-0.39, 0.29) is 31.4 Å². The second-order valence-electron chi connectivity index (χ2n) is 6.43. The first-order chi connectivity index (χ1) is 12.0. The quantitative estimate of drug-likeness (QED) is 0.733. The number of halogens is 2. The van der Waals surface area contributed by atoms with Crippen molar-refractivity contribution in [1.29, 1.82) is 0 Å². The first kappa shape index (κ1) is 15.7. The minimum atomic E-state index is -0.902. The Hall–Kier alpha value is -2.76. The number of fused-ring (bicyclic) bond motifs is 1. The molecule has 2 aromatic heterocycles. The number of nitrogens with zero attached hydrogens (tertiary/aromatic N) is 3. The van der Waals surface area contributed by atoms with Crippen LogP contribution in [-0.4, -0.2) is 39.6 Å². The summed E-state index contributed by atoms with van der Waals surface area (Å²) in [4.78, 5) is 18.1. The van der Waals surface area contributed by atoms with Crippen LogP contribution in [0.15, 0.2) is 42.7 Å². The fourth-order valence-corrected chi connectivity index (χ4v) is 3.06. The largest absolute Gasteiger partial charge is 0.337 e. The number of aromatic nitrogens is 2. The molecule has 1 aliphatic rings. The van der Waals surface area contributed by atoms with Crippen molar-refractivity contribution < 1.29 is 13.6 Å². The molecule has 3 aromatic rings. The van der Waals surface area contributed by atoms with E-state index in [9.17, 15) is 13.6 Å². The van der Waals surface area contributed by atoms with Crippen LogP contribution in [0.1, 0.15) is 5.56 Å². The van der Waals surface area contributed by atoms with Crippen LogP contribution in [0, 0.1) is 12.7 Å². The van der Waals surface area contributed by atoms with Gasteiger partial charge in [0, 0.05) is 18.0 Å². The molecule has 1 fully saturated rings. The Balaban J connectivity index is 1.65. The number of rotatable bonds is 3. The maximum absolute atomic E-state index is 13.5. The lowest BCUT2D eigenvalue weighted by atomic mass is 10.0. The molecule has 4 nitrogen and oxygen atoms in total. The third kappa shape index (κ3) is 2.88. The van der Waals surface area contributed by atoms with E-state index in [1.54, 1.807) is 25.3 Å². The fourth-order valence-electron chi connectivity index (χ4n) is 3.06. The van der Waals surface area contributed by atoms with E-state index in [2.05, 4.69) is 4.98 Å². The summed E-state index contributed by atoms with van der Waals surface area (Å²) in [5.74, 6) is -0.345. The summed E-state index contributed by atoms with van der Waals surface area (Å²) in [5, 5.41) is 0. The average Bonchev–Trinajstić information content (AvgIpc) is 2.96. The maximum Gasteiger partial charge on any atom is 0.242 e. The molecular formula is C19H17F2N3O. The molecule has 0 N–H and O–H groups in total. The highest BCUT2D eigenvalue weighted by molar-refractivity contribution is 5.84. The van der Waals surface area contributed by atoms with Crippen molar-refractivity contribution in [2.24, 2.45) is 0 Å². The van der Waals surface area contributed by atoms with Crippen molar-refractivity contribution in [1.82, 2.24) is 14.5 Å². The number of alkyl halides is 1. The van der Waals surface area contributed by atoms with Gasteiger partial charge in [0.05, 0.1) is 24.1 Å². The highest BCUT2D eigenvalue weighted by Gasteiger charge is 2.30. The number of carbonyl (C=O) groups excluding carboxylic acids is 1. The van der Waals surface area contributed by atoms with Gasteiger partial charge in [-0.15, -0.1) is 0 Å². The topological polar surface area (TPSA) is 38.1 Å². The third-order valence-electron chi connectivity index (χ3n) is 4.61. The first-order valence-corrected chi connectivity index (χ1v) is 8.14. The normalized spacial score (nSPS) is 14.8. The van der Waals surface area contributed by atoms with E-state index in [4.69, 9.17) is 0 Å². The van der Waals surface area contributed by atoms with Crippen LogP contribution in [0.2, 0.25) is 0 Å². The van der Waals surface area contributed by atoms with Gasteiger partial charge in [-0.3, -0.25) is 9.78 Å². The lowest BCUT2D eigenvalue weighted by molar-refractivity contribution is -0.138. The molecule has 0 atom stereocenters. The Morgan fingerprint density at radius 2 is 2.04 bits per heavy atom. The van der Waals surface area contributed by atoms with Gasteiger partial charge in [0.2, 0.25) is 5.91 Å². The van der Waals surface area contributed by atoms with Crippen LogP contribution in [-0.2, 0) is 11.3 Å². The molecule has 0 bridgehead atoms. The Kier molecular flexibility index (Phi) is 3.75. The van der Waals surface area contributed by atoms with Gasteiger partial charge >= 0.3 is 0 Å². The summed E-state index contributed by atoms with van der Waals surface area (Å²) in [6, 6.07) is 8.71. The summed E-state index contributed by atoms with van der Waals surface area (Å²) < 4.78 is 28.2. The molecule has 1 saturated heterocycles. The van der Waals surface area contributed by atoms with Crippen LogP contribution in [0.4, 0.5) is 8.78 Å². The van der Waals surface area contributed by atoms with Gasteiger partial charge in [0.1, 0.15) is 18.5 Å². The van der Waals surface area contributed by atoms with Gasteiger partial charge in [-0.2, -0.15) is 0 Å². The Morgan fingerprint density at radius 3 is 2.76 bits per heavy atom. The summed E-state index contributed by atoms with van der Waals surface area (Å²) in [5.41, 5.74) is 3.90. The molecule has 128 valence electrons. The first-order valence-electron chi connectivity index (χ1n) is 8.14. The number of carbonyl (C=O) groups is 1. The van der Waals surface area contributed by atoms with Crippen LogP contribution in [0.3, 0.4) is 0 Å². The number of aryl methyl sites for hydroxylation is 1. The fraction of sp³-hybridized carbons (Fsp3) is 0.263. The highest BCUT2D eigenvalue weighted by Crippen LogP contribution is 2.25. The monoisotopic (exact) mass is 341 g/mol. The van der Waals surface area contributed by atoms with Crippen molar-refractivity contribution in [3.05, 3.63) is 54.1 Å². The molecule has 3 heterocycles. The zero-order valence-corrected chi connectivity index (χ0v) is 13.7. The molecule has 0 spiro atoms. The zero-order chi connectivity index (χ0) is 17.6. The van der Waals surface area contributed by atoms with E-state index in [0.29, 0.717) is 5.56 Å². The van der Waals surface area contributed by atoms with E-state index in [0.717, 1.165) is 22.2 Å². The van der Waals surface area contributed by atoms with E-state index >= 15 is 0 Å². The SMILES string of the molecule is Cc1cc(-c2cnc3ccn(CC(=O)N4CC(F)C4)c3c2)ccc1F. The van der Waals surface area contributed by atoms with Crippen molar-refractivity contribution in [3.63, 3.8) is 0 Å². The second kappa shape index (κ2) is 5.95. The van der Waals surface area contributed by atoms with Crippen LogP contribution in [0.5, 0.6) is 0 Å². The lowest BCUT2D eigenvalue weighted by Crippen LogP contribution is -2.52. The van der Waals surface area contributed by atoms with Gasteiger partial charge in [0.25, 0.3) is 0 Å². The Labute approximate surface area is 143 Å². The number of likely N-dealkylation sites (tertiary alicyclic amines) is 1. The second-order valence-corrected chi connectivity index (χ2v) is 6.43. The minimum Gasteiger partial charge on any atom is -0.337 e. The van der Waals surface area contributed by atoms with Crippen molar-refractivity contribution in [2.45, 2.75) is 19.6 Å². The van der Waals surface area contributed by atoms with Gasteiger partial charge in [-0.25, -0.2) is 8.78 Å². The van der Waals surface area contributed by atoms with Crippen LogP contribution in [0.25, 0.3) is 22.2 Å². The molecule has 0 unspecified atom stereocenters. The molecule has 1 amide bonds. The smallest absolute Gasteiger partial charge is 0.242 e. The Bertz CT molecular complexity index is 960. The van der Waals surface area contributed by atoms with E-state index in [1.807, 2.05) is 22.9 Å². The number of benzene rings is 1. The molecule has 0 saturated carbocycles. The van der Waals surface area contributed by atoms with E-state index < -0.39 is 6.17 Å². The summed E-state index contributed by atoms with van der Waals surface area (Å²) in [6.07, 6.45) is 2.65. The lowest BCUT2D eigenvalue weighted by Gasteiger charge is -2.34. The Morgan fingerprint density at radius 1 is 1.24 bits per heavy atom. The molecule has 0 radical (unpaired) electrons. The minimum absolute atomic E-state index is 0.102. The summed E-state index contributed by atoms with van der Waals surface area (Å²) in [6.45, 7) is 2.23. The zero-order valence-electron chi connectivity index (χ0n) is 13.7. The molecule has 6 heteroatoms. The maximum atomic E-state index is 13.5. The van der Waals surface area contributed by atoms with Gasteiger partial charge in [-0.05, 0) is 42.3 Å². The van der Waals surface area contributed by atoms with Gasteiger partial charge in [0.15, 0.2) is 0 Å². The summed E-state index contributed by atoms with van der Waals surface area (Å²) in [7, 11) is 0. The van der Waals surface area contributed by atoms with Crippen molar-refractivity contribution in [2.75, 3.05) is 13.1 Å². The van der Waals surface area contributed by atoms with Gasteiger partial charge in [-0.1, -0.05) is 6.07 Å². The number of amides is 1. The predicted molar refractivity (Wildman–Crippen MR) is 91.3 cm³/mol. The van der Waals surface area contributed by atoms with E-state index in [1.165, 1.54) is 11.0 Å².